The van der Waals surface area contributed by atoms with Crippen LogP contribution in [0.4, 0.5) is 11.5 Å². The van der Waals surface area contributed by atoms with Crippen molar-refractivity contribution in [1.29, 1.82) is 0 Å². The molecule has 0 saturated carbocycles. The summed E-state index contributed by atoms with van der Waals surface area (Å²) in [5.41, 5.74) is 6.68. The molecular formula is C20H20N4O3S. The standard InChI is InChI=1S/C20H20N4O3S/c1-3-27-19(26)15-11-22-20(24-17(15)21)28-12(2)18(25)23-16-10-6-8-13-7-4-5-9-14(13)16/h4-12H,3H2,1-2H3,(H,23,25)(H2,21,22,24)/t12-/m1/s1. The fraction of sp³-hybridized carbons (Fsp3) is 0.200. The Hall–Kier alpha value is -3.13. The highest BCUT2D eigenvalue weighted by molar-refractivity contribution is 8.00. The van der Waals surface area contributed by atoms with Gasteiger partial charge in [-0.2, -0.15) is 0 Å². The third kappa shape index (κ3) is 4.40. The maximum absolute atomic E-state index is 12.6. The summed E-state index contributed by atoms with van der Waals surface area (Å²) in [4.78, 5) is 32.6. The molecule has 3 aromatic rings. The quantitative estimate of drug-likeness (QED) is 0.373. The SMILES string of the molecule is CCOC(=O)c1cnc(S[C@H](C)C(=O)Nc2cccc3ccccc23)nc1N. The molecule has 0 bridgehead atoms. The van der Waals surface area contributed by atoms with Crippen LogP contribution < -0.4 is 11.1 Å². The lowest BCUT2D eigenvalue weighted by molar-refractivity contribution is -0.115. The van der Waals surface area contributed by atoms with Crippen LogP contribution in [0.1, 0.15) is 24.2 Å². The molecule has 0 fully saturated rings. The molecule has 0 aliphatic heterocycles. The molecule has 1 atom stereocenters. The third-order valence-electron chi connectivity index (χ3n) is 3.99. The van der Waals surface area contributed by atoms with Gasteiger partial charge in [0, 0.05) is 17.3 Å². The van der Waals surface area contributed by atoms with Crippen LogP contribution in [0.25, 0.3) is 10.8 Å². The fourth-order valence-electron chi connectivity index (χ4n) is 2.58. The molecule has 0 unspecified atom stereocenters. The average Bonchev–Trinajstić information content (AvgIpc) is 2.68. The summed E-state index contributed by atoms with van der Waals surface area (Å²) in [6.45, 7) is 3.69. The van der Waals surface area contributed by atoms with Crippen molar-refractivity contribution in [2.24, 2.45) is 0 Å². The lowest BCUT2D eigenvalue weighted by Gasteiger charge is -2.13. The lowest BCUT2D eigenvalue weighted by Crippen LogP contribution is -2.23. The number of nitrogens with one attached hydrogen (secondary N) is 1. The normalized spacial score (nSPS) is 11.8. The van der Waals surface area contributed by atoms with Crippen molar-refractivity contribution in [3.8, 4) is 0 Å². The van der Waals surface area contributed by atoms with Gasteiger partial charge < -0.3 is 15.8 Å². The smallest absolute Gasteiger partial charge is 0.343 e. The van der Waals surface area contributed by atoms with Crippen LogP contribution in [0.5, 0.6) is 0 Å². The second-order valence-electron chi connectivity index (χ2n) is 5.95. The van der Waals surface area contributed by atoms with Crippen molar-refractivity contribution >= 4 is 45.9 Å². The summed E-state index contributed by atoms with van der Waals surface area (Å²) in [5, 5.41) is 4.81. The molecule has 144 valence electrons. The number of aromatic nitrogens is 2. The first kappa shape index (κ1) is 19.6. The van der Waals surface area contributed by atoms with Crippen LogP contribution in [0, 0.1) is 0 Å². The van der Waals surface area contributed by atoms with E-state index in [0.29, 0.717) is 5.16 Å². The zero-order valence-corrected chi connectivity index (χ0v) is 16.3. The number of nitrogens with zero attached hydrogens (tertiary/aromatic N) is 2. The molecule has 1 aromatic heterocycles. The van der Waals surface area contributed by atoms with Gasteiger partial charge in [0.15, 0.2) is 5.16 Å². The monoisotopic (exact) mass is 396 g/mol. The van der Waals surface area contributed by atoms with Crippen molar-refractivity contribution < 1.29 is 14.3 Å². The largest absolute Gasteiger partial charge is 0.462 e. The first-order valence-corrected chi connectivity index (χ1v) is 9.62. The number of thioether (sulfide) groups is 1. The molecule has 7 nitrogen and oxygen atoms in total. The van der Waals surface area contributed by atoms with Gasteiger partial charge in [0.2, 0.25) is 5.91 Å². The Morgan fingerprint density at radius 2 is 1.96 bits per heavy atom. The number of esters is 1. The number of hydrogen-bond donors (Lipinski definition) is 2. The van der Waals surface area contributed by atoms with E-state index in [0.717, 1.165) is 28.2 Å². The zero-order chi connectivity index (χ0) is 20.1. The van der Waals surface area contributed by atoms with E-state index >= 15 is 0 Å². The first-order valence-electron chi connectivity index (χ1n) is 8.74. The highest BCUT2D eigenvalue weighted by atomic mass is 32.2. The summed E-state index contributed by atoms with van der Waals surface area (Å²) in [5.74, 6) is -0.728. The van der Waals surface area contributed by atoms with Gasteiger partial charge in [-0.05, 0) is 25.3 Å². The van der Waals surface area contributed by atoms with E-state index in [1.165, 1.54) is 6.20 Å². The molecule has 2 aromatic carbocycles. The average molecular weight is 396 g/mol. The number of fused-ring (bicyclic) bond motifs is 1. The molecule has 1 amide bonds. The number of benzene rings is 2. The second-order valence-corrected chi connectivity index (χ2v) is 7.26. The topological polar surface area (TPSA) is 107 Å². The number of carbonyl (C=O) groups is 2. The van der Waals surface area contributed by atoms with Crippen LogP contribution in [0.3, 0.4) is 0 Å². The highest BCUT2D eigenvalue weighted by Crippen LogP contribution is 2.26. The Labute approximate surface area is 166 Å². The van der Waals surface area contributed by atoms with Crippen LogP contribution in [0.2, 0.25) is 0 Å². The van der Waals surface area contributed by atoms with Gasteiger partial charge in [-0.1, -0.05) is 48.2 Å². The van der Waals surface area contributed by atoms with Gasteiger partial charge in [-0.15, -0.1) is 0 Å². The predicted molar refractivity (Wildman–Crippen MR) is 110 cm³/mol. The summed E-state index contributed by atoms with van der Waals surface area (Å²) < 4.78 is 4.90. The van der Waals surface area contributed by atoms with E-state index in [4.69, 9.17) is 10.5 Å². The molecule has 0 spiro atoms. The maximum Gasteiger partial charge on any atom is 0.343 e. The number of ether oxygens (including phenoxy) is 1. The lowest BCUT2D eigenvalue weighted by atomic mass is 10.1. The molecule has 8 heteroatoms. The minimum absolute atomic E-state index is 0.0256. The number of nitrogens with two attached hydrogens (primary N) is 1. The molecule has 0 aliphatic rings. The van der Waals surface area contributed by atoms with Crippen LogP contribution in [0.15, 0.2) is 53.8 Å². The fourth-order valence-corrected chi connectivity index (χ4v) is 3.33. The molecule has 3 rings (SSSR count). The third-order valence-corrected chi connectivity index (χ3v) is 4.97. The van der Waals surface area contributed by atoms with Crippen molar-refractivity contribution in [3.63, 3.8) is 0 Å². The summed E-state index contributed by atoms with van der Waals surface area (Å²) >= 11 is 1.16. The van der Waals surface area contributed by atoms with Crippen molar-refractivity contribution in [2.75, 3.05) is 17.7 Å². The minimum atomic E-state index is -0.571. The van der Waals surface area contributed by atoms with Gasteiger partial charge in [0.05, 0.1) is 11.9 Å². The van der Waals surface area contributed by atoms with Crippen molar-refractivity contribution in [1.82, 2.24) is 9.97 Å². The Kier molecular flexibility index (Phi) is 6.10. The highest BCUT2D eigenvalue weighted by Gasteiger charge is 2.19. The Balaban J connectivity index is 1.70. The van der Waals surface area contributed by atoms with E-state index in [1.807, 2.05) is 42.5 Å². The van der Waals surface area contributed by atoms with Gasteiger partial charge >= 0.3 is 5.97 Å². The molecule has 28 heavy (non-hydrogen) atoms. The van der Waals surface area contributed by atoms with Crippen molar-refractivity contribution in [3.05, 3.63) is 54.2 Å². The van der Waals surface area contributed by atoms with Gasteiger partial charge in [0.1, 0.15) is 11.4 Å². The minimum Gasteiger partial charge on any atom is -0.462 e. The number of nitrogen functional groups attached to an aromatic ring is 1. The number of amides is 1. The molecular weight excluding hydrogens is 376 g/mol. The second kappa shape index (κ2) is 8.71. The molecule has 1 heterocycles. The first-order chi connectivity index (χ1) is 13.5. The Bertz CT molecular complexity index is 1020. The molecule has 0 saturated heterocycles. The summed E-state index contributed by atoms with van der Waals surface area (Å²) in [6.07, 6.45) is 1.32. The molecule has 0 aliphatic carbocycles. The van der Waals surface area contributed by atoms with E-state index in [9.17, 15) is 9.59 Å². The van der Waals surface area contributed by atoms with E-state index < -0.39 is 11.2 Å². The summed E-state index contributed by atoms with van der Waals surface area (Å²) in [7, 11) is 0. The number of anilines is 2. The van der Waals surface area contributed by atoms with E-state index in [2.05, 4.69) is 15.3 Å². The Morgan fingerprint density at radius 1 is 1.21 bits per heavy atom. The van der Waals surface area contributed by atoms with E-state index in [-0.39, 0.29) is 23.9 Å². The number of hydrogen-bond acceptors (Lipinski definition) is 7. The Morgan fingerprint density at radius 3 is 2.71 bits per heavy atom. The van der Waals surface area contributed by atoms with Crippen LogP contribution in [-0.2, 0) is 9.53 Å². The van der Waals surface area contributed by atoms with Crippen LogP contribution in [-0.4, -0.2) is 33.7 Å². The maximum atomic E-state index is 12.6. The molecule has 0 radical (unpaired) electrons. The van der Waals surface area contributed by atoms with Crippen molar-refractivity contribution in [2.45, 2.75) is 24.3 Å². The predicted octanol–water partition coefficient (Wildman–Crippen LogP) is 3.51. The zero-order valence-electron chi connectivity index (χ0n) is 15.5. The van der Waals surface area contributed by atoms with Gasteiger partial charge in [-0.3, -0.25) is 4.79 Å². The van der Waals surface area contributed by atoms with Gasteiger partial charge in [0.25, 0.3) is 0 Å². The molecule has 3 N–H and O–H groups in total. The van der Waals surface area contributed by atoms with E-state index in [1.54, 1.807) is 13.8 Å². The van der Waals surface area contributed by atoms with Gasteiger partial charge in [-0.25, -0.2) is 14.8 Å². The van der Waals surface area contributed by atoms with Crippen LogP contribution >= 0.6 is 11.8 Å². The number of rotatable bonds is 6. The summed E-state index contributed by atoms with van der Waals surface area (Å²) in [6, 6.07) is 13.6. The number of carbonyl (C=O) groups excluding carboxylic acids is 2.